The zero-order valence-corrected chi connectivity index (χ0v) is 16.1. The molecule has 0 unspecified atom stereocenters. The lowest BCUT2D eigenvalue weighted by molar-refractivity contribution is -0.0366. The van der Waals surface area contributed by atoms with Crippen molar-refractivity contribution in [2.45, 2.75) is 46.0 Å². The fourth-order valence-electron chi connectivity index (χ4n) is 3.97. The van der Waals surface area contributed by atoms with Gasteiger partial charge in [0.05, 0.1) is 12.6 Å². The summed E-state index contributed by atoms with van der Waals surface area (Å²) in [6, 6.07) is 4.16. The Morgan fingerprint density at radius 2 is 1.85 bits per heavy atom. The van der Waals surface area contributed by atoms with E-state index in [-0.39, 0.29) is 0 Å². The number of hydrogen-bond acceptors (Lipinski definition) is 5. The van der Waals surface area contributed by atoms with Crippen molar-refractivity contribution < 1.29 is 9.57 Å². The van der Waals surface area contributed by atoms with Crippen LogP contribution in [-0.4, -0.2) is 36.8 Å². The van der Waals surface area contributed by atoms with E-state index in [1.54, 1.807) is 7.11 Å². The molecule has 0 bridgehead atoms. The molecule has 2 aromatic rings. The molecule has 5 heteroatoms. The molecule has 0 amide bonds. The first-order valence-electron chi connectivity index (χ1n) is 9.86. The number of anilines is 1. The topological polar surface area (TPSA) is 46.6 Å². The smallest absolute Gasteiger partial charge is 0.191 e. The number of methoxy groups -OCH3 is 1. The molecule has 140 valence electrons. The molecule has 2 aliphatic rings. The Labute approximate surface area is 155 Å². The van der Waals surface area contributed by atoms with Crippen molar-refractivity contribution in [3.05, 3.63) is 23.3 Å². The Hall–Kier alpha value is -2.01. The van der Waals surface area contributed by atoms with E-state index >= 15 is 0 Å². The lowest BCUT2D eigenvalue weighted by atomic mass is 10.0. The molecule has 0 spiro atoms. The molecule has 1 aromatic carbocycles. The van der Waals surface area contributed by atoms with Crippen molar-refractivity contribution in [1.29, 1.82) is 0 Å². The molecule has 1 N–H and O–H groups in total. The predicted octanol–water partition coefficient (Wildman–Crippen LogP) is 4.19. The van der Waals surface area contributed by atoms with Gasteiger partial charge in [-0.15, -0.1) is 5.06 Å². The Balaban J connectivity index is 1.76. The van der Waals surface area contributed by atoms with Crippen LogP contribution in [0.5, 0.6) is 11.5 Å². The number of rotatable bonds is 6. The number of fused-ring (bicyclic) bond motifs is 3. The number of pyridine rings is 1. The highest BCUT2D eigenvalue weighted by molar-refractivity contribution is 5.89. The number of ether oxygens (including phenoxy) is 1. The second-order valence-electron chi connectivity index (χ2n) is 7.79. The highest BCUT2D eigenvalue weighted by Gasteiger charge is 2.23. The van der Waals surface area contributed by atoms with E-state index < -0.39 is 0 Å². The van der Waals surface area contributed by atoms with Gasteiger partial charge < -0.3 is 14.9 Å². The van der Waals surface area contributed by atoms with Gasteiger partial charge in [0.2, 0.25) is 0 Å². The number of nitrogens with one attached hydrogen (secondary N) is 1. The van der Waals surface area contributed by atoms with Gasteiger partial charge in [-0.25, -0.2) is 4.98 Å². The monoisotopic (exact) mass is 355 g/mol. The van der Waals surface area contributed by atoms with Gasteiger partial charge >= 0.3 is 0 Å². The third-order valence-corrected chi connectivity index (χ3v) is 5.31. The highest BCUT2D eigenvalue weighted by atomic mass is 16.7. The van der Waals surface area contributed by atoms with Crippen LogP contribution in [-0.2, 0) is 12.8 Å². The molecule has 0 radical (unpaired) electrons. The maximum atomic E-state index is 6.11. The summed E-state index contributed by atoms with van der Waals surface area (Å²) >= 11 is 0. The molecular formula is C21H29N3O2. The molecule has 1 saturated heterocycles. The predicted molar refractivity (Wildman–Crippen MR) is 105 cm³/mol. The highest BCUT2D eigenvalue weighted by Crippen LogP contribution is 2.39. The minimum Gasteiger partial charge on any atom is -0.493 e. The maximum absolute atomic E-state index is 6.11. The molecular weight excluding hydrogens is 326 g/mol. The van der Waals surface area contributed by atoms with Crippen LogP contribution in [0.25, 0.3) is 10.9 Å². The molecule has 1 aliphatic carbocycles. The lowest BCUT2D eigenvalue weighted by Gasteiger charge is -2.20. The van der Waals surface area contributed by atoms with Gasteiger partial charge in [0.1, 0.15) is 5.82 Å². The van der Waals surface area contributed by atoms with Crippen molar-refractivity contribution in [3.8, 4) is 11.5 Å². The average molecular weight is 355 g/mol. The fourth-order valence-corrected chi connectivity index (χ4v) is 3.97. The van der Waals surface area contributed by atoms with E-state index in [1.165, 1.54) is 35.8 Å². The molecule has 1 fully saturated rings. The number of nitrogens with zero attached hydrogens (tertiary/aromatic N) is 2. The van der Waals surface area contributed by atoms with Crippen molar-refractivity contribution in [2.24, 2.45) is 5.92 Å². The molecule has 1 aliphatic heterocycles. The van der Waals surface area contributed by atoms with E-state index in [2.05, 4.69) is 25.2 Å². The van der Waals surface area contributed by atoms with E-state index in [0.29, 0.717) is 5.92 Å². The first-order valence-corrected chi connectivity index (χ1v) is 9.86. The summed E-state index contributed by atoms with van der Waals surface area (Å²) in [4.78, 5) is 11.1. The number of hydroxylamine groups is 2. The summed E-state index contributed by atoms with van der Waals surface area (Å²) in [7, 11) is 1.71. The molecule has 1 aromatic heterocycles. The van der Waals surface area contributed by atoms with E-state index in [0.717, 1.165) is 55.3 Å². The fraction of sp³-hybridized carbons (Fsp3) is 0.571. The largest absolute Gasteiger partial charge is 0.493 e. The van der Waals surface area contributed by atoms with Crippen LogP contribution in [0.2, 0.25) is 0 Å². The van der Waals surface area contributed by atoms with Crippen LogP contribution in [0.4, 0.5) is 5.82 Å². The lowest BCUT2D eigenvalue weighted by Crippen LogP contribution is -2.23. The molecule has 2 heterocycles. The number of hydrogen-bond donors (Lipinski definition) is 1. The van der Waals surface area contributed by atoms with Gasteiger partial charge in [-0.2, -0.15) is 0 Å². The Kier molecular flexibility index (Phi) is 4.90. The molecule has 0 atom stereocenters. The van der Waals surface area contributed by atoms with E-state index in [1.807, 2.05) is 11.1 Å². The quantitative estimate of drug-likeness (QED) is 0.842. The number of aryl methyl sites for hydroxylation is 1. The molecule has 4 rings (SSSR count). The normalized spacial score (nSPS) is 17.1. The summed E-state index contributed by atoms with van der Waals surface area (Å²) in [5.74, 6) is 3.20. The molecule has 26 heavy (non-hydrogen) atoms. The van der Waals surface area contributed by atoms with Crippen molar-refractivity contribution in [2.75, 3.05) is 32.1 Å². The number of aromatic nitrogens is 1. The second-order valence-corrected chi connectivity index (χ2v) is 7.79. The van der Waals surface area contributed by atoms with Gasteiger partial charge in [0.25, 0.3) is 0 Å². The van der Waals surface area contributed by atoms with Crippen LogP contribution in [0.1, 0.15) is 44.2 Å². The second kappa shape index (κ2) is 7.31. The van der Waals surface area contributed by atoms with Crippen LogP contribution >= 0.6 is 0 Å². The molecule has 5 nitrogen and oxygen atoms in total. The van der Waals surface area contributed by atoms with Gasteiger partial charge in [0, 0.05) is 31.1 Å². The summed E-state index contributed by atoms with van der Waals surface area (Å²) < 4.78 is 5.64. The SMILES string of the molecule is COc1cc2c3c(c(NCC(C)C)nc2cc1ON1CCCC1)CCC3. The van der Waals surface area contributed by atoms with Crippen molar-refractivity contribution in [3.63, 3.8) is 0 Å². The summed E-state index contributed by atoms with van der Waals surface area (Å²) in [5.41, 5.74) is 3.80. The van der Waals surface area contributed by atoms with Gasteiger partial charge in [0.15, 0.2) is 11.5 Å². The maximum Gasteiger partial charge on any atom is 0.191 e. The third kappa shape index (κ3) is 3.32. The zero-order chi connectivity index (χ0) is 18.1. The third-order valence-electron chi connectivity index (χ3n) is 5.31. The molecule has 0 saturated carbocycles. The number of benzene rings is 1. The van der Waals surface area contributed by atoms with Crippen molar-refractivity contribution >= 4 is 16.7 Å². The first-order chi connectivity index (χ1) is 12.7. The van der Waals surface area contributed by atoms with Crippen molar-refractivity contribution in [1.82, 2.24) is 10.0 Å². The average Bonchev–Trinajstić information content (AvgIpc) is 3.30. The zero-order valence-electron chi connectivity index (χ0n) is 16.1. The van der Waals surface area contributed by atoms with E-state index in [9.17, 15) is 0 Å². The van der Waals surface area contributed by atoms with Gasteiger partial charge in [-0.05, 0) is 55.2 Å². The van der Waals surface area contributed by atoms with Gasteiger partial charge in [-0.3, -0.25) is 0 Å². The minimum absolute atomic E-state index is 0.592. The summed E-state index contributed by atoms with van der Waals surface area (Å²) in [6.07, 6.45) is 5.78. The van der Waals surface area contributed by atoms with Crippen LogP contribution < -0.4 is 14.9 Å². The Bertz CT molecular complexity index is 798. The summed E-state index contributed by atoms with van der Waals surface area (Å²) in [5, 5.41) is 6.79. The summed E-state index contributed by atoms with van der Waals surface area (Å²) in [6.45, 7) is 7.33. The first kappa shape index (κ1) is 17.4. The van der Waals surface area contributed by atoms with E-state index in [4.69, 9.17) is 14.6 Å². The van der Waals surface area contributed by atoms with Gasteiger partial charge in [-0.1, -0.05) is 13.8 Å². The Morgan fingerprint density at radius 1 is 1.08 bits per heavy atom. The van der Waals surface area contributed by atoms with Crippen LogP contribution in [0.3, 0.4) is 0 Å². The Morgan fingerprint density at radius 3 is 2.58 bits per heavy atom. The van der Waals surface area contributed by atoms with Crippen LogP contribution in [0.15, 0.2) is 12.1 Å². The minimum atomic E-state index is 0.592. The standard InChI is InChI=1S/C21H29N3O2/c1-14(2)13-22-21-16-8-6-7-15(16)17-11-19(25-3)20(12-18(17)23-21)26-24-9-4-5-10-24/h11-12,14H,4-10,13H2,1-3H3,(H,22,23). The van der Waals surface area contributed by atoms with Crippen LogP contribution in [0, 0.1) is 5.92 Å².